The Bertz CT molecular complexity index is 433. The van der Waals surface area contributed by atoms with Gasteiger partial charge >= 0.3 is 0 Å². The SMILES string of the molecule is COc1cccc(CNCC2(CO)C[C@@H](O)[C@@H](O)C2)c1.Cl. The Balaban J connectivity index is 0.00000220. The van der Waals surface area contributed by atoms with Crippen LogP contribution in [0.4, 0.5) is 0 Å². The minimum Gasteiger partial charge on any atom is -0.497 e. The molecule has 0 amide bonds. The largest absolute Gasteiger partial charge is 0.497 e. The molecule has 5 nitrogen and oxygen atoms in total. The molecule has 1 fully saturated rings. The van der Waals surface area contributed by atoms with Crippen molar-refractivity contribution < 1.29 is 20.1 Å². The third kappa shape index (κ3) is 4.56. The summed E-state index contributed by atoms with van der Waals surface area (Å²) in [5.41, 5.74) is 0.661. The molecule has 1 aliphatic carbocycles. The van der Waals surface area contributed by atoms with Crippen molar-refractivity contribution in [3.05, 3.63) is 29.8 Å². The van der Waals surface area contributed by atoms with Gasteiger partial charge in [-0.15, -0.1) is 12.4 Å². The van der Waals surface area contributed by atoms with Gasteiger partial charge in [-0.2, -0.15) is 0 Å². The van der Waals surface area contributed by atoms with Gasteiger partial charge in [0.1, 0.15) is 5.75 Å². The van der Waals surface area contributed by atoms with Gasteiger partial charge in [-0.3, -0.25) is 0 Å². The fourth-order valence-corrected chi connectivity index (χ4v) is 2.83. The van der Waals surface area contributed by atoms with E-state index in [1.165, 1.54) is 0 Å². The molecule has 1 unspecified atom stereocenters. The highest BCUT2D eigenvalue weighted by Gasteiger charge is 2.43. The van der Waals surface area contributed by atoms with Gasteiger partial charge in [-0.05, 0) is 30.5 Å². The van der Waals surface area contributed by atoms with E-state index in [1.807, 2.05) is 24.3 Å². The lowest BCUT2D eigenvalue weighted by molar-refractivity contribution is 0.0438. The van der Waals surface area contributed by atoms with Crippen molar-refractivity contribution in [3.63, 3.8) is 0 Å². The van der Waals surface area contributed by atoms with Crippen LogP contribution in [-0.2, 0) is 6.54 Å². The number of hydrogen-bond acceptors (Lipinski definition) is 5. The first-order valence-electron chi connectivity index (χ1n) is 6.89. The van der Waals surface area contributed by atoms with Gasteiger partial charge in [0.2, 0.25) is 0 Å². The van der Waals surface area contributed by atoms with E-state index in [4.69, 9.17) is 4.74 Å². The second-order valence-corrected chi connectivity index (χ2v) is 5.66. The molecule has 1 aliphatic rings. The molecule has 2 rings (SSSR count). The number of halogens is 1. The van der Waals surface area contributed by atoms with E-state index in [0.717, 1.165) is 11.3 Å². The van der Waals surface area contributed by atoms with E-state index < -0.39 is 17.6 Å². The van der Waals surface area contributed by atoms with Crippen molar-refractivity contribution in [3.8, 4) is 5.75 Å². The number of ether oxygens (including phenoxy) is 1. The third-order valence-corrected chi connectivity index (χ3v) is 4.03. The molecule has 0 bridgehead atoms. The summed E-state index contributed by atoms with van der Waals surface area (Å²) in [5.74, 6) is 0.813. The topological polar surface area (TPSA) is 82.0 Å². The maximum atomic E-state index is 9.64. The zero-order chi connectivity index (χ0) is 14.6. The van der Waals surface area contributed by atoms with E-state index in [2.05, 4.69) is 5.32 Å². The monoisotopic (exact) mass is 317 g/mol. The molecular formula is C15H24ClNO4. The normalized spacial score (nSPS) is 28.2. The van der Waals surface area contributed by atoms with Gasteiger partial charge in [0.15, 0.2) is 0 Å². The number of methoxy groups -OCH3 is 1. The second-order valence-electron chi connectivity index (χ2n) is 5.66. The Morgan fingerprint density at radius 1 is 1.29 bits per heavy atom. The number of nitrogens with one attached hydrogen (secondary N) is 1. The first-order valence-corrected chi connectivity index (χ1v) is 6.89. The molecule has 21 heavy (non-hydrogen) atoms. The average molecular weight is 318 g/mol. The molecule has 0 aliphatic heterocycles. The van der Waals surface area contributed by atoms with E-state index >= 15 is 0 Å². The highest BCUT2D eigenvalue weighted by atomic mass is 35.5. The van der Waals surface area contributed by atoms with Crippen molar-refractivity contribution in [1.82, 2.24) is 5.32 Å². The lowest BCUT2D eigenvalue weighted by Gasteiger charge is -2.26. The molecule has 0 aromatic heterocycles. The Labute approximate surface area is 131 Å². The van der Waals surface area contributed by atoms with Crippen LogP contribution < -0.4 is 10.1 Å². The quantitative estimate of drug-likeness (QED) is 0.621. The summed E-state index contributed by atoms with van der Waals surface area (Å²) in [6, 6.07) is 7.78. The van der Waals surface area contributed by atoms with Crippen LogP contribution in [0.5, 0.6) is 5.75 Å². The van der Waals surface area contributed by atoms with Gasteiger partial charge in [-0.25, -0.2) is 0 Å². The van der Waals surface area contributed by atoms with Crippen molar-refractivity contribution in [2.45, 2.75) is 31.6 Å². The number of aliphatic hydroxyl groups excluding tert-OH is 3. The summed E-state index contributed by atoms with van der Waals surface area (Å²) in [5, 5.41) is 32.1. The van der Waals surface area contributed by atoms with Crippen LogP contribution in [0.1, 0.15) is 18.4 Å². The van der Waals surface area contributed by atoms with Crippen molar-refractivity contribution >= 4 is 12.4 Å². The minimum atomic E-state index is -0.735. The predicted octanol–water partition coefficient (Wildman–Crippen LogP) is 0.701. The maximum Gasteiger partial charge on any atom is 0.119 e. The lowest BCUT2D eigenvalue weighted by atomic mass is 9.87. The highest BCUT2D eigenvalue weighted by molar-refractivity contribution is 5.85. The van der Waals surface area contributed by atoms with Gasteiger partial charge < -0.3 is 25.4 Å². The molecule has 6 heteroatoms. The minimum absolute atomic E-state index is 0. The van der Waals surface area contributed by atoms with Crippen molar-refractivity contribution in [2.24, 2.45) is 5.41 Å². The molecule has 1 aromatic carbocycles. The summed E-state index contributed by atoms with van der Waals surface area (Å²) in [6.07, 6.45) is -0.618. The van der Waals surface area contributed by atoms with Crippen LogP contribution in [-0.4, -0.2) is 47.8 Å². The summed E-state index contributed by atoms with van der Waals surface area (Å²) >= 11 is 0. The van der Waals surface area contributed by atoms with Crippen LogP contribution >= 0.6 is 12.4 Å². The molecular weight excluding hydrogens is 294 g/mol. The zero-order valence-corrected chi connectivity index (χ0v) is 13.0. The Hall–Kier alpha value is -0.850. The first-order chi connectivity index (χ1) is 9.58. The molecule has 3 atom stereocenters. The highest BCUT2D eigenvalue weighted by Crippen LogP contribution is 2.37. The number of benzene rings is 1. The summed E-state index contributed by atoms with van der Waals surface area (Å²) < 4.78 is 5.17. The van der Waals surface area contributed by atoms with E-state index in [-0.39, 0.29) is 19.0 Å². The van der Waals surface area contributed by atoms with Crippen LogP contribution in [0.3, 0.4) is 0 Å². The Morgan fingerprint density at radius 3 is 2.52 bits per heavy atom. The second kappa shape index (κ2) is 7.96. The Kier molecular flexibility index (Phi) is 6.90. The summed E-state index contributed by atoms with van der Waals surface area (Å²) in [4.78, 5) is 0. The molecule has 1 saturated carbocycles. The third-order valence-electron chi connectivity index (χ3n) is 4.03. The molecule has 120 valence electrons. The average Bonchev–Trinajstić information content (AvgIpc) is 2.75. The standard InChI is InChI=1S/C15H23NO4.ClH/c1-20-12-4-2-3-11(5-12)8-16-9-15(10-17)6-13(18)14(19)7-15;/h2-5,13-14,16-19H,6-10H2,1H3;1H/t13-,14+,15?;. The molecule has 4 N–H and O–H groups in total. The number of aliphatic hydroxyl groups is 3. The predicted molar refractivity (Wildman–Crippen MR) is 82.7 cm³/mol. The first kappa shape index (κ1) is 18.2. The fraction of sp³-hybridized carbons (Fsp3) is 0.600. The number of hydrogen-bond donors (Lipinski definition) is 4. The van der Waals surface area contributed by atoms with Gasteiger partial charge in [0.25, 0.3) is 0 Å². The molecule has 1 aromatic rings. The molecule has 0 radical (unpaired) electrons. The van der Waals surface area contributed by atoms with Crippen molar-refractivity contribution in [2.75, 3.05) is 20.3 Å². The van der Waals surface area contributed by atoms with Crippen LogP contribution in [0.15, 0.2) is 24.3 Å². The van der Waals surface area contributed by atoms with Crippen LogP contribution in [0.25, 0.3) is 0 Å². The van der Waals surface area contributed by atoms with Gasteiger partial charge in [-0.1, -0.05) is 12.1 Å². The van der Waals surface area contributed by atoms with Crippen LogP contribution in [0.2, 0.25) is 0 Å². The lowest BCUT2D eigenvalue weighted by Crippen LogP contribution is -2.35. The summed E-state index contributed by atoms with van der Waals surface area (Å²) in [6.45, 7) is 1.19. The van der Waals surface area contributed by atoms with Gasteiger partial charge in [0, 0.05) is 18.5 Å². The summed E-state index contributed by atoms with van der Waals surface area (Å²) in [7, 11) is 1.63. The molecule has 0 spiro atoms. The molecule has 0 saturated heterocycles. The van der Waals surface area contributed by atoms with E-state index in [0.29, 0.717) is 25.9 Å². The zero-order valence-electron chi connectivity index (χ0n) is 12.2. The van der Waals surface area contributed by atoms with Gasteiger partial charge in [0.05, 0.1) is 25.9 Å². The van der Waals surface area contributed by atoms with E-state index in [9.17, 15) is 15.3 Å². The van der Waals surface area contributed by atoms with Crippen molar-refractivity contribution in [1.29, 1.82) is 0 Å². The smallest absolute Gasteiger partial charge is 0.119 e. The number of rotatable bonds is 6. The molecule has 0 heterocycles. The van der Waals surface area contributed by atoms with E-state index in [1.54, 1.807) is 7.11 Å². The van der Waals surface area contributed by atoms with Crippen LogP contribution in [0, 0.1) is 5.41 Å². The Morgan fingerprint density at radius 2 is 1.95 bits per heavy atom. The fourth-order valence-electron chi connectivity index (χ4n) is 2.83. The maximum absolute atomic E-state index is 9.64.